The van der Waals surface area contributed by atoms with E-state index in [1.54, 1.807) is 19.4 Å². The highest BCUT2D eigenvalue weighted by Crippen LogP contribution is 2.21. The molecule has 3 rings (SSSR count). The molecule has 0 atom stereocenters. The molecule has 3 aromatic rings. The number of anilines is 1. The molecule has 0 saturated carbocycles. The minimum absolute atomic E-state index is 0.334. The highest BCUT2D eigenvalue weighted by molar-refractivity contribution is 5.94. The molecule has 0 unspecified atom stereocenters. The number of hydrogen-bond donors (Lipinski definition) is 2. The van der Waals surface area contributed by atoms with Crippen LogP contribution in [0, 0.1) is 0 Å². The van der Waals surface area contributed by atoms with Crippen LogP contribution < -0.4 is 15.1 Å². The normalized spacial score (nSPS) is 10.8. The number of aromatic amines is 1. The quantitative estimate of drug-likeness (QED) is 0.521. The van der Waals surface area contributed by atoms with Gasteiger partial charge < -0.3 is 9.64 Å². The van der Waals surface area contributed by atoms with Crippen molar-refractivity contribution >= 4 is 17.8 Å². The molecule has 7 nitrogen and oxygen atoms in total. The number of H-pyrrole nitrogens is 1. The Kier molecular flexibility index (Phi) is 5.51. The van der Waals surface area contributed by atoms with Gasteiger partial charge in [-0.1, -0.05) is 12.1 Å². The van der Waals surface area contributed by atoms with Crippen LogP contribution in [0.15, 0.2) is 59.7 Å². The van der Waals surface area contributed by atoms with E-state index in [-0.39, 0.29) is 5.91 Å². The predicted molar refractivity (Wildman–Crippen MR) is 106 cm³/mol. The summed E-state index contributed by atoms with van der Waals surface area (Å²) in [4.78, 5) is 14.2. The number of carbonyl (C=O) groups excluding carboxylic acids is 1. The summed E-state index contributed by atoms with van der Waals surface area (Å²) in [5, 5.41) is 10.9. The lowest BCUT2D eigenvalue weighted by Crippen LogP contribution is -2.18. The van der Waals surface area contributed by atoms with Crippen LogP contribution in [-0.2, 0) is 0 Å². The van der Waals surface area contributed by atoms with Crippen LogP contribution in [0.25, 0.3) is 11.3 Å². The van der Waals surface area contributed by atoms with Gasteiger partial charge in [0, 0.05) is 25.3 Å². The molecule has 1 amide bonds. The highest BCUT2D eigenvalue weighted by atomic mass is 16.5. The Bertz CT molecular complexity index is 928. The molecule has 0 fully saturated rings. The third kappa shape index (κ3) is 4.52. The first-order valence-corrected chi connectivity index (χ1v) is 8.37. The third-order valence-electron chi connectivity index (χ3n) is 4.00. The molecule has 1 aromatic heterocycles. The number of hydrogen-bond acceptors (Lipinski definition) is 5. The van der Waals surface area contributed by atoms with Crippen molar-refractivity contribution in [2.24, 2.45) is 5.10 Å². The van der Waals surface area contributed by atoms with Crippen molar-refractivity contribution in [3.8, 4) is 17.0 Å². The molecule has 0 aliphatic rings. The van der Waals surface area contributed by atoms with E-state index >= 15 is 0 Å². The van der Waals surface area contributed by atoms with Crippen LogP contribution in [0.5, 0.6) is 5.75 Å². The van der Waals surface area contributed by atoms with E-state index in [0.717, 1.165) is 22.6 Å². The zero-order chi connectivity index (χ0) is 19.2. The first kappa shape index (κ1) is 18.2. The van der Waals surface area contributed by atoms with E-state index in [2.05, 4.69) is 20.7 Å². The van der Waals surface area contributed by atoms with Gasteiger partial charge >= 0.3 is 0 Å². The fourth-order valence-electron chi connectivity index (χ4n) is 2.43. The van der Waals surface area contributed by atoms with Crippen molar-refractivity contribution in [1.82, 2.24) is 15.6 Å². The Labute approximate surface area is 157 Å². The minimum atomic E-state index is -0.358. The molecule has 138 valence electrons. The van der Waals surface area contributed by atoms with Gasteiger partial charge in [-0.25, -0.2) is 5.43 Å². The Hall–Kier alpha value is -3.61. The van der Waals surface area contributed by atoms with Crippen LogP contribution in [0.4, 0.5) is 5.69 Å². The molecule has 1 heterocycles. The number of carbonyl (C=O) groups is 1. The Balaban J connectivity index is 1.62. The van der Waals surface area contributed by atoms with Gasteiger partial charge in [-0.2, -0.15) is 10.2 Å². The second-order valence-corrected chi connectivity index (χ2v) is 6.08. The molecule has 0 aliphatic carbocycles. The first-order valence-electron chi connectivity index (χ1n) is 8.37. The lowest BCUT2D eigenvalue weighted by atomic mass is 10.1. The van der Waals surface area contributed by atoms with E-state index in [9.17, 15) is 4.79 Å². The summed E-state index contributed by atoms with van der Waals surface area (Å²) in [6, 6.07) is 17.0. The number of ether oxygens (including phenoxy) is 1. The summed E-state index contributed by atoms with van der Waals surface area (Å²) >= 11 is 0. The van der Waals surface area contributed by atoms with E-state index < -0.39 is 0 Å². The molecule has 0 spiro atoms. The number of rotatable bonds is 6. The van der Waals surface area contributed by atoms with E-state index in [1.165, 1.54) is 0 Å². The Morgan fingerprint density at radius 1 is 1.15 bits per heavy atom. The topological polar surface area (TPSA) is 82.6 Å². The van der Waals surface area contributed by atoms with Gasteiger partial charge in [0.2, 0.25) is 0 Å². The SMILES string of the molecule is COc1ccc(-c2cc(C(=O)N/N=C\c3ccc(N(C)C)cc3)[nH]n2)cc1. The summed E-state index contributed by atoms with van der Waals surface area (Å²) < 4.78 is 5.14. The summed E-state index contributed by atoms with van der Waals surface area (Å²) in [6.07, 6.45) is 1.60. The summed E-state index contributed by atoms with van der Waals surface area (Å²) in [7, 11) is 5.57. The lowest BCUT2D eigenvalue weighted by molar-refractivity contribution is 0.0950. The fraction of sp³-hybridized carbons (Fsp3) is 0.150. The molecule has 0 radical (unpaired) electrons. The number of aromatic nitrogens is 2. The molecule has 2 N–H and O–H groups in total. The average Bonchev–Trinajstić information content (AvgIpc) is 3.19. The third-order valence-corrected chi connectivity index (χ3v) is 4.00. The zero-order valence-corrected chi connectivity index (χ0v) is 15.4. The second-order valence-electron chi connectivity index (χ2n) is 6.08. The predicted octanol–water partition coefficient (Wildman–Crippen LogP) is 2.92. The smallest absolute Gasteiger partial charge is 0.289 e. The highest BCUT2D eigenvalue weighted by Gasteiger charge is 2.10. The summed E-state index contributed by atoms with van der Waals surface area (Å²) in [5.41, 5.74) is 6.38. The molecular weight excluding hydrogens is 342 g/mol. The van der Waals surface area contributed by atoms with E-state index in [4.69, 9.17) is 4.74 Å². The van der Waals surface area contributed by atoms with Gasteiger partial charge in [-0.15, -0.1) is 0 Å². The second kappa shape index (κ2) is 8.18. The van der Waals surface area contributed by atoms with Gasteiger partial charge in [0.05, 0.1) is 19.0 Å². The number of benzene rings is 2. The Morgan fingerprint density at radius 3 is 2.48 bits per heavy atom. The number of methoxy groups -OCH3 is 1. The maximum Gasteiger partial charge on any atom is 0.289 e. The molecule has 0 aliphatic heterocycles. The molecule has 2 aromatic carbocycles. The van der Waals surface area contributed by atoms with Gasteiger partial charge in [0.15, 0.2) is 0 Å². The van der Waals surface area contributed by atoms with Gasteiger partial charge in [-0.05, 0) is 48.0 Å². The summed E-state index contributed by atoms with van der Waals surface area (Å²) in [6.45, 7) is 0. The number of nitrogens with zero attached hydrogens (tertiary/aromatic N) is 3. The van der Waals surface area contributed by atoms with Gasteiger partial charge in [0.1, 0.15) is 11.4 Å². The van der Waals surface area contributed by atoms with Crippen molar-refractivity contribution in [2.45, 2.75) is 0 Å². The minimum Gasteiger partial charge on any atom is -0.497 e. The number of nitrogens with one attached hydrogen (secondary N) is 2. The van der Waals surface area contributed by atoms with Crippen molar-refractivity contribution in [3.63, 3.8) is 0 Å². The standard InChI is InChI=1S/C20H21N5O2/c1-25(2)16-8-4-14(5-9-16)13-21-24-20(26)19-12-18(22-23-19)15-6-10-17(27-3)11-7-15/h4-13H,1-3H3,(H,22,23)(H,24,26)/b21-13-. The molecule has 27 heavy (non-hydrogen) atoms. The fourth-order valence-corrected chi connectivity index (χ4v) is 2.43. The van der Waals surface area contributed by atoms with Crippen molar-refractivity contribution < 1.29 is 9.53 Å². The molecule has 0 bridgehead atoms. The van der Waals surface area contributed by atoms with Crippen LogP contribution in [0.1, 0.15) is 16.1 Å². The largest absolute Gasteiger partial charge is 0.497 e. The maximum absolute atomic E-state index is 12.2. The van der Waals surface area contributed by atoms with Crippen molar-refractivity contribution in [1.29, 1.82) is 0 Å². The van der Waals surface area contributed by atoms with Gasteiger partial charge in [-0.3, -0.25) is 9.89 Å². The lowest BCUT2D eigenvalue weighted by Gasteiger charge is -2.11. The van der Waals surface area contributed by atoms with E-state index in [1.807, 2.05) is 67.5 Å². The first-order chi connectivity index (χ1) is 13.1. The number of amides is 1. The van der Waals surface area contributed by atoms with Gasteiger partial charge in [0.25, 0.3) is 5.91 Å². The zero-order valence-electron chi connectivity index (χ0n) is 15.4. The van der Waals surface area contributed by atoms with E-state index in [0.29, 0.717) is 11.4 Å². The number of hydrazone groups is 1. The van der Waals surface area contributed by atoms with Crippen LogP contribution in [0.2, 0.25) is 0 Å². The van der Waals surface area contributed by atoms with Crippen LogP contribution >= 0.6 is 0 Å². The monoisotopic (exact) mass is 363 g/mol. The van der Waals surface area contributed by atoms with Crippen molar-refractivity contribution in [2.75, 3.05) is 26.1 Å². The molecular formula is C20H21N5O2. The molecule has 0 saturated heterocycles. The molecule has 7 heteroatoms. The van der Waals surface area contributed by atoms with Crippen molar-refractivity contribution in [3.05, 3.63) is 65.9 Å². The average molecular weight is 363 g/mol. The van der Waals surface area contributed by atoms with Crippen LogP contribution in [0.3, 0.4) is 0 Å². The van der Waals surface area contributed by atoms with Crippen LogP contribution in [-0.4, -0.2) is 43.5 Å². The summed E-state index contributed by atoms with van der Waals surface area (Å²) in [5.74, 6) is 0.406. The maximum atomic E-state index is 12.2. The Morgan fingerprint density at radius 2 is 1.85 bits per heavy atom.